The molecule has 0 aliphatic carbocycles. The van der Waals surface area contributed by atoms with E-state index < -0.39 is 0 Å². The van der Waals surface area contributed by atoms with Gasteiger partial charge in [0.1, 0.15) is 0 Å². The number of hydrogen-bond donors (Lipinski definition) is 1. The first-order chi connectivity index (χ1) is 8.79. The van der Waals surface area contributed by atoms with E-state index in [1.165, 1.54) is 70.9 Å². The summed E-state index contributed by atoms with van der Waals surface area (Å²) in [6.45, 7) is 9.51. The predicted molar refractivity (Wildman–Crippen MR) is 87.8 cm³/mol. The van der Waals surface area contributed by atoms with Crippen molar-refractivity contribution in [3.8, 4) is 0 Å². The molecule has 0 aromatic heterocycles. The molecule has 110 valence electrons. The van der Waals surface area contributed by atoms with Gasteiger partial charge < -0.3 is 4.90 Å². The van der Waals surface area contributed by atoms with Crippen molar-refractivity contribution in [2.24, 2.45) is 0 Å². The van der Waals surface area contributed by atoms with Crippen LogP contribution >= 0.6 is 12.6 Å². The first-order valence-electron chi connectivity index (χ1n) is 8.14. The molecule has 0 saturated carbocycles. The average Bonchev–Trinajstić information content (AvgIpc) is 2.40. The Balaban J connectivity index is 4.27. The number of unbranched alkanes of at least 4 members (excludes halogenated alkanes) is 3. The Morgan fingerprint density at radius 2 is 1.28 bits per heavy atom. The van der Waals surface area contributed by atoms with Crippen molar-refractivity contribution in [1.29, 1.82) is 0 Å². The third-order valence-corrected chi connectivity index (χ3v) is 4.02. The third kappa shape index (κ3) is 9.27. The average molecular weight is 274 g/mol. The fourth-order valence-electron chi connectivity index (χ4n) is 2.48. The second-order valence-corrected chi connectivity index (χ2v) is 5.85. The van der Waals surface area contributed by atoms with Crippen molar-refractivity contribution in [2.75, 3.05) is 18.8 Å². The van der Waals surface area contributed by atoms with Crippen molar-refractivity contribution >= 4 is 12.6 Å². The Kier molecular flexibility index (Phi) is 14.0. The van der Waals surface area contributed by atoms with E-state index >= 15 is 0 Å². The largest absolute Gasteiger partial charge is 0.300 e. The maximum atomic E-state index is 4.38. The molecule has 0 aromatic rings. The van der Waals surface area contributed by atoms with E-state index in [1.54, 1.807) is 0 Å². The molecule has 0 bridgehead atoms. The summed E-state index contributed by atoms with van der Waals surface area (Å²) in [6, 6.07) is 0.815. The molecular weight excluding hydrogens is 238 g/mol. The second-order valence-electron chi connectivity index (χ2n) is 5.40. The van der Waals surface area contributed by atoms with Crippen LogP contribution in [0.3, 0.4) is 0 Å². The van der Waals surface area contributed by atoms with Gasteiger partial charge in [0.15, 0.2) is 0 Å². The van der Waals surface area contributed by atoms with Gasteiger partial charge in [0.05, 0.1) is 0 Å². The van der Waals surface area contributed by atoms with Gasteiger partial charge in [-0.05, 0) is 50.9 Å². The van der Waals surface area contributed by atoms with Crippen LogP contribution in [0.2, 0.25) is 0 Å². The number of hydrogen-bond acceptors (Lipinski definition) is 2. The number of thiol groups is 1. The van der Waals surface area contributed by atoms with Crippen molar-refractivity contribution in [3.63, 3.8) is 0 Å². The van der Waals surface area contributed by atoms with E-state index in [0.717, 1.165) is 11.8 Å². The lowest BCUT2D eigenvalue weighted by Crippen LogP contribution is -2.37. The SMILES string of the molecule is CCCCC(CCCS)N(CCCC)CCCC. The lowest BCUT2D eigenvalue weighted by molar-refractivity contribution is 0.168. The Morgan fingerprint density at radius 3 is 1.72 bits per heavy atom. The molecule has 1 atom stereocenters. The fourth-order valence-corrected chi connectivity index (χ4v) is 2.66. The highest BCUT2D eigenvalue weighted by atomic mass is 32.1. The first kappa shape index (κ1) is 18.3. The molecule has 0 aromatic carbocycles. The topological polar surface area (TPSA) is 3.24 Å². The van der Waals surface area contributed by atoms with Gasteiger partial charge >= 0.3 is 0 Å². The highest BCUT2D eigenvalue weighted by Gasteiger charge is 2.16. The van der Waals surface area contributed by atoms with Gasteiger partial charge in [-0.1, -0.05) is 46.5 Å². The summed E-state index contributed by atoms with van der Waals surface area (Å²) in [5.74, 6) is 1.04. The zero-order valence-corrected chi connectivity index (χ0v) is 13.9. The summed E-state index contributed by atoms with van der Waals surface area (Å²) in [5, 5.41) is 0. The molecule has 0 radical (unpaired) electrons. The summed E-state index contributed by atoms with van der Waals surface area (Å²) >= 11 is 4.38. The molecule has 0 aliphatic heterocycles. The third-order valence-electron chi connectivity index (χ3n) is 3.70. The molecule has 1 unspecified atom stereocenters. The van der Waals surface area contributed by atoms with Gasteiger partial charge in [-0.2, -0.15) is 12.6 Å². The molecule has 1 nitrogen and oxygen atoms in total. The highest BCUT2D eigenvalue weighted by Crippen LogP contribution is 2.17. The Morgan fingerprint density at radius 1 is 0.778 bits per heavy atom. The van der Waals surface area contributed by atoms with Gasteiger partial charge in [0.2, 0.25) is 0 Å². The Hall–Kier alpha value is 0.310. The van der Waals surface area contributed by atoms with Gasteiger partial charge in [0, 0.05) is 6.04 Å². The number of rotatable bonds is 13. The molecule has 0 rings (SSSR count). The minimum absolute atomic E-state index is 0.815. The standard InChI is InChI=1S/C16H35NS/c1-4-7-11-16(12-10-15-18)17(13-8-5-2)14-9-6-3/h16,18H,4-15H2,1-3H3. The van der Waals surface area contributed by atoms with Crippen LogP contribution in [0.5, 0.6) is 0 Å². The van der Waals surface area contributed by atoms with Crippen LogP contribution in [0.25, 0.3) is 0 Å². The fraction of sp³-hybridized carbons (Fsp3) is 1.00. The predicted octanol–water partition coefficient (Wildman–Crippen LogP) is 5.16. The molecule has 0 saturated heterocycles. The van der Waals surface area contributed by atoms with Crippen molar-refractivity contribution in [1.82, 2.24) is 4.90 Å². The van der Waals surface area contributed by atoms with Crippen LogP contribution in [0, 0.1) is 0 Å². The van der Waals surface area contributed by atoms with E-state index in [9.17, 15) is 0 Å². The molecular formula is C16H35NS. The molecule has 2 heteroatoms. The van der Waals surface area contributed by atoms with Crippen LogP contribution in [0.4, 0.5) is 0 Å². The van der Waals surface area contributed by atoms with Gasteiger partial charge in [-0.25, -0.2) is 0 Å². The highest BCUT2D eigenvalue weighted by molar-refractivity contribution is 7.80. The quantitative estimate of drug-likeness (QED) is 0.454. The summed E-state index contributed by atoms with van der Waals surface area (Å²) in [6.07, 6.45) is 12.0. The Bertz CT molecular complexity index is 127. The molecule has 0 heterocycles. The molecule has 18 heavy (non-hydrogen) atoms. The second kappa shape index (κ2) is 13.7. The molecule has 0 aliphatic rings. The van der Waals surface area contributed by atoms with Crippen LogP contribution < -0.4 is 0 Å². The zero-order chi connectivity index (χ0) is 13.6. The van der Waals surface area contributed by atoms with Crippen LogP contribution in [0.15, 0.2) is 0 Å². The maximum absolute atomic E-state index is 4.38. The van der Waals surface area contributed by atoms with Gasteiger partial charge in [0.25, 0.3) is 0 Å². The monoisotopic (exact) mass is 273 g/mol. The van der Waals surface area contributed by atoms with E-state index in [4.69, 9.17) is 0 Å². The van der Waals surface area contributed by atoms with Crippen LogP contribution in [0.1, 0.15) is 78.6 Å². The minimum atomic E-state index is 0.815. The summed E-state index contributed by atoms with van der Waals surface area (Å²) in [7, 11) is 0. The number of nitrogens with zero attached hydrogens (tertiary/aromatic N) is 1. The summed E-state index contributed by atoms with van der Waals surface area (Å²) in [4.78, 5) is 2.77. The molecule has 0 fully saturated rings. The summed E-state index contributed by atoms with van der Waals surface area (Å²) < 4.78 is 0. The molecule has 0 spiro atoms. The van der Waals surface area contributed by atoms with Gasteiger partial charge in [-0.15, -0.1) is 0 Å². The lowest BCUT2D eigenvalue weighted by atomic mass is 10.0. The van der Waals surface area contributed by atoms with Crippen molar-refractivity contribution < 1.29 is 0 Å². The van der Waals surface area contributed by atoms with E-state index in [-0.39, 0.29) is 0 Å². The van der Waals surface area contributed by atoms with E-state index in [1.807, 2.05) is 0 Å². The van der Waals surface area contributed by atoms with Crippen molar-refractivity contribution in [2.45, 2.75) is 84.6 Å². The zero-order valence-electron chi connectivity index (χ0n) is 13.0. The normalized spacial score (nSPS) is 13.2. The smallest absolute Gasteiger partial charge is 0.00955 e. The molecule has 0 amide bonds. The lowest BCUT2D eigenvalue weighted by Gasteiger charge is -2.32. The van der Waals surface area contributed by atoms with E-state index in [2.05, 4.69) is 38.3 Å². The summed E-state index contributed by atoms with van der Waals surface area (Å²) in [5.41, 5.74) is 0. The maximum Gasteiger partial charge on any atom is 0.00955 e. The van der Waals surface area contributed by atoms with Crippen LogP contribution in [-0.4, -0.2) is 29.8 Å². The minimum Gasteiger partial charge on any atom is -0.300 e. The van der Waals surface area contributed by atoms with E-state index in [0.29, 0.717) is 0 Å². The Labute approximate surface area is 121 Å². The van der Waals surface area contributed by atoms with Crippen molar-refractivity contribution in [3.05, 3.63) is 0 Å². The van der Waals surface area contributed by atoms with Gasteiger partial charge in [-0.3, -0.25) is 0 Å². The molecule has 0 N–H and O–H groups in total. The first-order valence-corrected chi connectivity index (χ1v) is 8.78. The van der Waals surface area contributed by atoms with Crippen LogP contribution in [-0.2, 0) is 0 Å².